The van der Waals surface area contributed by atoms with Gasteiger partial charge in [0.15, 0.2) is 5.65 Å². The molecule has 1 aliphatic rings. The quantitative estimate of drug-likeness (QED) is 0.736. The molecule has 26 heavy (non-hydrogen) atoms. The monoisotopic (exact) mass is 369 g/mol. The van der Waals surface area contributed by atoms with Crippen molar-refractivity contribution >= 4 is 17.2 Å². The molecule has 1 aromatic carbocycles. The van der Waals surface area contributed by atoms with Crippen LogP contribution in [0.2, 0.25) is 5.02 Å². The smallest absolute Gasteiger partial charge is 0.272 e. The van der Waals surface area contributed by atoms with Gasteiger partial charge in [-0.25, -0.2) is 9.50 Å². The lowest BCUT2D eigenvalue weighted by Gasteiger charge is -2.17. The van der Waals surface area contributed by atoms with Gasteiger partial charge in [0.1, 0.15) is 17.4 Å². The Bertz CT molecular complexity index is 1100. The molecule has 3 heterocycles. The molecule has 0 radical (unpaired) electrons. The zero-order valence-electron chi connectivity index (χ0n) is 14.0. The first kappa shape index (κ1) is 16.6. The van der Waals surface area contributed by atoms with Crippen LogP contribution in [0.25, 0.3) is 5.65 Å². The summed E-state index contributed by atoms with van der Waals surface area (Å²) in [5, 5.41) is 15.9. The molecule has 3 aromatic rings. The molecule has 0 bridgehead atoms. The molecular formula is C18H16ClN5O2. The molecule has 0 saturated heterocycles. The van der Waals surface area contributed by atoms with Crippen LogP contribution in [0.5, 0.6) is 5.75 Å². The van der Waals surface area contributed by atoms with Crippen molar-refractivity contribution in [3.05, 3.63) is 62.2 Å². The van der Waals surface area contributed by atoms with Crippen molar-refractivity contribution in [2.45, 2.75) is 25.9 Å². The predicted molar refractivity (Wildman–Crippen MR) is 96.4 cm³/mol. The van der Waals surface area contributed by atoms with Crippen LogP contribution < -0.4 is 15.6 Å². The maximum absolute atomic E-state index is 12.2. The van der Waals surface area contributed by atoms with Crippen molar-refractivity contribution in [3.8, 4) is 11.8 Å². The Balaban J connectivity index is 1.59. The minimum absolute atomic E-state index is 0.0394. The van der Waals surface area contributed by atoms with Gasteiger partial charge in [-0.1, -0.05) is 11.6 Å². The number of aromatic amines is 1. The fourth-order valence-corrected chi connectivity index (χ4v) is 3.44. The Morgan fingerprint density at radius 2 is 2.35 bits per heavy atom. The molecule has 7 nitrogen and oxygen atoms in total. The first-order chi connectivity index (χ1) is 12.6. The average molecular weight is 370 g/mol. The Morgan fingerprint density at radius 1 is 1.50 bits per heavy atom. The van der Waals surface area contributed by atoms with Crippen LogP contribution in [0, 0.1) is 11.3 Å². The van der Waals surface area contributed by atoms with E-state index in [1.165, 1.54) is 16.8 Å². The number of nitriles is 1. The number of rotatable bonds is 4. The zero-order chi connectivity index (χ0) is 18.3. The van der Waals surface area contributed by atoms with Gasteiger partial charge in [-0.15, -0.1) is 0 Å². The highest BCUT2D eigenvalue weighted by Gasteiger charge is 2.21. The highest BCUT2D eigenvalue weighted by molar-refractivity contribution is 6.30. The molecule has 0 spiro atoms. The van der Waals surface area contributed by atoms with E-state index in [1.54, 1.807) is 0 Å². The van der Waals surface area contributed by atoms with Gasteiger partial charge in [0.05, 0.1) is 12.3 Å². The molecule has 2 aromatic heterocycles. The molecule has 2 N–H and O–H groups in total. The number of H-pyrrole nitrogens is 1. The molecule has 0 amide bonds. The molecular weight excluding hydrogens is 354 g/mol. The van der Waals surface area contributed by atoms with Crippen LogP contribution in [-0.2, 0) is 13.0 Å². The van der Waals surface area contributed by atoms with Crippen molar-refractivity contribution in [1.82, 2.24) is 19.9 Å². The number of ether oxygens (including phenoxy) is 1. The SMILES string of the molecule is CC(NCc1cc(=O)n2[nH]cc(C#N)c2n1)c1cc(Cl)cc2c1OCC2. The summed E-state index contributed by atoms with van der Waals surface area (Å²) < 4.78 is 7.00. The Kier molecular flexibility index (Phi) is 4.15. The number of nitrogens with zero attached hydrogens (tertiary/aromatic N) is 3. The van der Waals surface area contributed by atoms with Crippen LogP contribution in [0.15, 0.2) is 29.2 Å². The number of fused-ring (bicyclic) bond motifs is 2. The minimum atomic E-state index is -0.257. The molecule has 1 aliphatic heterocycles. The lowest BCUT2D eigenvalue weighted by atomic mass is 10.0. The number of aromatic nitrogens is 3. The third kappa shape index (κ3) is 2.83. The first-order valence-electron chi connectivity index (χ1n) is 8.25. The molecule has 0 fully saturated rings. The van der Waals surface area contributed by atoms with Gasteiger partial charge >= 0.3 is 0 Å². The van der Waals surface area contributed by atoms with Gasteiger partial charge in [-0.3, -0.25) is 9.89 Å². The second kappa shape index (κ2) is 6.48. The van der Waals surface area contributed by atoms with E-state index in [1.807, 2.05) is 25.1 Å². The lowest BCUT2D eigenvalue weighted by Crippen LogP contribution is -2.22. The van der Waals surface area contributed by atoms with E-state index in [9.17, 15) is 4.79 Å². The molecule has 0 saturated carbocycles. The van der Waals surface area contributed by atoms with E-state index in [2.05, 4.69) is 15.4 Å². The second-order valence-corrected chi connectivity index (χ2v) is 6.66. The number of hydrogen-bond donors (Lipinski definition) is 2. The lowest BCUT2D eigenvalue weighted by molar-refractivity contribution is 0.349. The summed E-state index contributed by atoms with van der Waals surface area (Å²) in [5.74, 6) is 0.885. The number of halogens is 1. The Labute approximate surface area is 154 Å². The highest BCUT2D eigenvalue weighted by atomic mass is 35.5. The van der Waals surface area contributed by atoms with E-state index in [0.717, 1.165) is 23.3 Å². The van der Waals surface area contributed by atoms with Gasteiger partial charge in [-0.05, 0) is 24.6 Å². The fraction of sp³-hybridized carbons (Fsp3) is 0.278. The second-order valence-electron chi connectivity index (χ2n) is 6.23. The molecule has 132 valence electrons. The van der Waals surface area contributed by atoms with Gasteiger partial charge < -0.3 is 10.1 Å². The van der Waals surface area contributed by atoms with Crippen LogP contribution >= 0.6 is 11.6 Å². The molecule has 1 atom stereocenters. The maximum atomic E-state index is 12.2. The number of benzene rings is 1. The average Bonchev–Trinajstić information content (AvgIpc) is 3.25. The normalized spacial score (nSPS) is 14.0. The summed E-state index contributed by atoms with van der Waals surface area (Å²) in [5.41, 5.74) is 3.08. The highest BCUT2D eigenvalue weighted by Crippen LogP contribution is 2.36. The summed E-state index contributed by atoms with van der Waals surface area (Å²) in [4.78, 5) is 16.6. The van der Waals surface area contributed by atoms with Crippen LogP contribution in [0.3, 0.4) is 0 Å². The van der Waals surface area contributed by atoms with Crippen molar-refractivity contribution in [2.24, 2.45) is 0 Å². The fourth-order valence-electron chi connectivity index (χ4n) is 3.19. The number of nitrogens with one attached hydrogen (secondary N) is 2. The van der Waals surface area contributed by atoms with Crippen LogP contribution in [-0.4, -0.2) is 21.2 Å². The van der Waals surface area contributed by atoms with Gasteiger partial charge in [0.25, 0.3) is 5.56 Å². The van der Waals surface area contributed by atoms with Crippen molar-refractivity contribution < 1.29 is 4.74 Å². The van der Waals surface area contributed by atoms with Gasteiger partial charge in [0, 0.05) is 41.9 Å². The maximum Gasteiger partial charge on any atom is 0.272 e. The largest absolute Gasteiger partial charge is 0.493 e. The Hall–Kier alpha value is -2.82. The Morgan fingerprint density at radius 3 is 3.15 bits per heavy atom. The van der Waals surface area contributed by atoms with Gasteiger partial charge in [-0.2, -0.15) is 5.26 Å². The van der Waals surface area contributed by atoms with E-state index in [4.69, 9.17) is 21.6 Å². The van der Waals surface area contributed by atoms with Crippen molar-refractivity contribution in [3.63, 3.8) is 0 Å². The van der Waals surface area contributed by atoms with Gasteiger partial charge in [0.2, 0.25) is 0 Å². The predicted octanol–water partition coefficient (Wildman–Crippen LogP) is 2.33. The summed E-state index contributed by atoms with van der Waals surface area (Å²) in [6, 6.07) is 7.27. The first-order valence-corrected chi connectivity index (χ1v) is 8.63. The summed E-state index contributed by atoms with van der Waals surface area (Å²) >= 11 is 6.22. The van der Waals surface area contributed by atoms with Crippen LogP contribution in [0.4, 0.5) is 0 Å². The third-order valence-corrected chi connectivity index (χ3v) is 4.72. The standard InChI is InChI=1S/C18H16ClN5O2/c1-10(15-5-13(19)4-11-2-3-26-17(11)15)21-9-14-6-16(25)24-18(23-14)12(7-20)8-22-24/h4-6,8,10,21-22H,2-3,9H2,1H3. The van der Waals surface area contributed by atoms with E-state index < -0.39 is 0 Å². The molecule has 1 unspecified atom stereocenters. The molecule has 4 rings (SSSR count). The zero-order valence-corrected chi connectivity index (χ0v) is 14.8. The third-order valence-electron chi connectivity index (χ3n) is 4.50. The van der Waals surface area contributed by atoms with Crippen LogP contribution in [0.1, 0.15) is 35.3 Å². The topological polar surface area (TPSA) is 95.2 Å². The molecule has 8 heteroatoms. The van der Waals surface area contributed by atoms with E-state index in [-0.39, 0.29) is 11.6 Å². The van der Waals surface area contributed by atoms with E-state index >= 15 is 0 Å². The number of hydrogen-bond acceptors (Lipinski definition) is 5. The van der Waals surface area contributed by atoms with E-state index in [0.29, 0.717) is 35.1 Å². The summed E-state index contributed by atoms with van der Waals surface area (Å²) in [6.07, 6.45) is 2.32. The molecule has 0 aliphatic carbocycles. The van der Waals surface area contributed by atoms with Crippen molar-refractivity contribution in [2.75, 3.05) is 6.61 Å². The minimum Gasteiger partial charge on any atom is -0.493 e. The van der Waals surface area contributed by atoms with Crippen molar-refractivity contribution in [1.29, 1.82) is 5.26 Å². The summed E-state index contributed by atoms with van der Waals surface area (Å²) in [7, 11) is 0. The summed E-state index contributed by atoms with van der Waals surface area (Å²) in [6.45, 7) is 3.05.